The number of aromatic nitrogens is 4. The minimum atomic E-state index is -0.723. The first-order chi connectivity index (χ1) is 13.4. The molecule has 4 aromatic rings. The van der Waals surface area contributed by atoms with Gasteiger partial charge in [-0.2, -0.15) is 0 Å². The Labute approximate surface area is 158 Å². The fourth-order valence-corrected chi connectivity index (χ4v) is 3.01. The van der Waals surface area contributed by atoms with Crippen molar-refractivity contribution in [1.29, 1.82) is 0 Å². The minimum absolute atomic E-state index is 0.109. The van der Waals surface area contributed by atoms with Gasteiger partial charge in [-0.05, 0) is 49.7 Å². The lowest BCUT2D eigenvalue weighted by molar-refractivity contribution is 0.430. The molecule has 0 bridgehead atoms. The zero-order valence-corrected chi connectivity index (χ0v) is 15.2. The molecule has 0 aliphatic heterocycles. The van der Waals surface area contributed by atoms with Crippen molar-refractivity contribution in [2.45, 2.75) is 13.8 Å². The van der Waals surface area contributed by atoms with E-state index in [1.54, 1.807) is 30.3 Å². The second kappa shape index (κ2) is 6.66. The Kier molecular flexibility index (Phi) is 4.15. The molecule has 0 saturated carbocycles. The number of nitrogens with one attached hydrogen (secondary N) is 2. The van der Waals surface area contributed by atoms with E-state index in [4.69, 9.17) is 0 Å². The molecular formula is C20H17N5O3. The number of nitrogens with zero attached hydrogens (tertiary/aromatic N) is 3. The van der Waals surface area contributed by atoms with E-state index in [-0.39, 0.29) is 5.56 Å². The van der Waals surface area contributed by atoms with Crippen molar-refractivity contribution < 1.29 is 5.11 Å². The van der Waals surface area contributed by atoms with Gasteiger partial charge in [0.25, 0.3) is 5.56 Å². The van der Waals surface area contributed by atoms with Gasteiger partial charge in [-0.25, -0.2) is 14.3 Å². The second-order valence-electron chi connectivity index (χ2n) is 6.45. The van der Waals surface area contributed by atoms with Crippen LogP contribution in [0.5, 0.6) is 5.88 Å². The van der Waals surface area contributed by atoms with Crippen LogP contribution in [0.25, 0.3) is 16.7 Å². The normalized spacial score (nSPS) is 11.5. The Morgan fingerprint density at radius 1 is 1.11 bits per heavy atom. The number of imidazole rings is 1. The van der Waals surface area contributed by atoms with Crippen LogP contribution in [0.2, 0.25) is 0 Å². The molecule has 4 rings (SSSR count). The first kappa shape index (κ1) is 17.5. The summed E-state index contributed by atoms with van der Waals surface area (Å²) in [6.45, 7) is 3.72. The summed E-state index contributed by atoms with van der Waals surface area (Å²) >= 11 is 0. The molecule has 0 aliphatic rings. The Bertz CT molecular complexity index is 1340. The Morgan fingerprint density at radius 2 is 1.93 bits per heavy atom. The van der Waals surface area contributed by atoms with Gasteiger partial charge in [0.15, 0.2) is 0 Å². The number of aliphatic imine (C=N–C) groups is 1. The topological polar surface area (TPSA) is 116 Å². The van der Waals surface area contributed by atoms with Crippen LogP contribution < -0.4 is 11.2 Å². The summed E-state index contributed by atoms with van der Waals surface area (Å²) in [7, 11) is 0. The highest BCUT2D eigenvalue weighted by Gasteiger charge is 2.14. The number of fused-ring (bicyclic) bond motifs is 1. The van der Waals surface area contributed by atoms with E-state index in [1.807, 2.05) is 26.0 Å². The van der Waals surface area contributed by atoms with E-state index in [2.05, 4.69) is 19.9 Å². The SMILES string of the molecule is Cc1cccc(-n2c(O)c(C=Nc3ccc4nc(C)[nH]c4c3)c(=O)[nH]c2=O)c1. The van der Waals surface area contributed by atoms with Gasteiger partial charge in [-0.1, -0.05) is 12.1 Å². The van der Waals surface area contributed by atoms with Crippen LogP contribution in [-0.2, 0) is 0 Å². The van der Waals surface area contributed by atoms with Crippen molar-refractivity contribution in [3.63, 3.8) is 0 Å². The highest BCUT2D eigenvalue weighted by Crippen LogP contribution is 2.21. The molecule has 0 fully saturated rings. The summed E-state index contributed by atoms with van der Waals surface area (Å²) in [4.78, 5) is 38.4. The average Bonchev–Trinajstić information content (AvgIpc) is 3.00. The fraction of sp³-hybridized carbons (Fsp3) is 0.100. The summed E-state index contributed by atoms with van der Waals surface area (Å²) in [5, 5.41) is 10.6. The number of hydrogen-bond acceptors (Lipinski definition) is 5. The maximum absolute atomic E-state index is 12.2. The van der Waals surface area contributed by atoms with Crippen molar-refractivity contribution >= 4 is 22.9 Å². The van der Waals surface area contributed by atoms with E-state index in [1.165, 1.54) is 6.21 Å². The largest absolute Gasteiger partial charge is 0.493 e. The first-order valence-electron chi connectivity index (χ1n) is 8.58. The molecule has 0 amide bonds. The molecule has 0 unspecified atom stereocenters. The second-order valence-corrected chi connectivity index (χ2v) is 6.45. The van der Waals surface area contributed by atoms with Gasteiger partial charge in [-0.3, -0.25) is 14.8 Å². The maximum atomic E-state index is 12.2. The predicted molar refractivity (Wildman–Crippen MR) is 107 cm³/mol. The molecule has 2 heterocycles. The number of rotatable bonds is 3. The third kappa shape index (κ3) is 3.11. The fourth-order valence-electron chi connectivity index (χ4n) is 3.01. The van der Waals surface area contributed by atoms with Gasteiger partial charge in [0.2, 0.25) is 5.88 Å². The number of aromatic hydroxyl groups is 1. The molecular weight excluding hydrogens is 358 g/mol. The van der Waals surface area contributed by atoms with Crippen molar-refractivity contribution in [2.75, 3.05) is 0 Å². The van der Waals surface area contributed by atoms with Gasteiger partial charge in [0.05, 0.1) is 22.4 Å². The van der Waals surface area contributed by atoms with Crippen LogP contribution in [0.1, 0.15) is 17.0 Å². The summed E-state index contributed by atoms with van der Waals surface area (Å²) in [6.07, 6.45) is 1.24. The zero-order chi connectivity index (χ0) is 19.8. The van der Waals surface area contributed by atoms with Gasteiger partial charge >= 0.3 is 5.69 Å². The van der Waals surface area contributed by atoms with Crippen LogP contribution in [0.3, 0.4) is 0 Å². The Hall–Kier alpha value is -3.94. The summed E-state index contributed by atoms with van der Waals surface area (Å²) in [5.74, 6) is 0.317. The number of benzene rings is 2. The summed E-state index contributed by atoms with van der Waals surface area (Å²) in [5.41, 5.74) is 2.01. The van der Waals surface area contributed by atoms with E-state index in [0.29, 0.717) is 11.4 Å². The molecule has 8 nitrogen and oxygen atoms in total. The molecule has 0 atom stereocenters. The molecule has 0 saturated heterocycles. The van der Waals surface area contributed by atoms with E-state index >= 15 is 0 Å². The minimum Gasteiger partial charge on any atom is -0.493 e. The van der Waals surface area contributed by atoms with Crippen LogP contribution in [0, 0.1) is 13.8 Å². The lowest BCUT2D eigenvalue weighted by Gasteiger charge is -2.10. The average molecular weight is 375 g/mol. The summed E-state index contributed by atoms with van der Waals surface area (Å²) < 4.78 is 1.04. The van der Waals surface area contributed by atoms with E-state index in [0.717, 1.165) is 27.0 Å². The predicted octanol–water partition coefficient (Wildman–Crippen LogP) is 2.48. The van der Waals surface area contributed by atoms with Gasteiger partial charge in [0.1, 0.15) is 11.4 Å². The van der Waals surface area contributed by atoms with E-state index in [9.17, 15) is 14.7 Å². The molecule has 2 aromatic carbocycles. The molecule has 0 aliphatic carbocycles. The van der Waals surface area contributed by atoms with Gasteiger partial charge in [0, 0.05) is 6.21 Å². The van der Waals surface area contributed by atoms with Crippen LogP contribution >= 0.6 is 0 Å². The lowest BCUT2D eigenvalue weighted by atomic mass is 10.2. The Balaban J connectivity index is 1.80. The number of hydrogen-bond donors (Lipinski definition) is 3. The number of aryl methyl sites for hydroxylation is 2. The number of H-pyrrole nitrogens is 2. The Morgan fingerprint density at radius 3 is 2.71 bits per heavy atom. The third-order valence-corrected chi connectivity index (χ3v) is 4.31. The molecule has 8 heteroatoms. The number of aromatic amines is 2. The molecule has 140 valence electrons. The zero-order valence-electron chi connectivity index (χ0n) is 15.2. The standard InChI is InChI=1S/C20H17N5O3/c1-11-4-3-5-14(8-11)25-19(27)15(18(26)24-20(25)28)10-21-13-6-7-16-17(9-13)23-12(2)22-16/h3-10,27H,1-2H3,(H,22,23)(H,24,26,28). The van der Waals surface area contributed by atoms with Gasteiger partial charge < -0.3 is 10.1 Å². The third-order valence-electron chi connectivity index (χ3n) is 4.31. The quantitative estimate of drug-likeness (QED) is 0.477. The highest BCUT2D eigenvalue weighted by molar-refractivity contribution is 5.86. The van der Waals surface area contributed by atoms with Crippen molar-refractivity contribution in [1.82, 2.24) is 19.5 Å². The highest BCUT2D eigenvalue weighted by atomic mass is 16.3. The van der Waals surface area contributed by atoms with Crippen LogP contribution in [0.15, 0.2) is 57.0 Å². The van der Waals surface area contributed by atoms with Crippen LogP contribution in [0.4, 0.5) is 5.69 Å². The molecule has 28 heavy (non-hydrogen) atoms. The monoisotopic (exact) mass is 375 g/mol. The lowest BCUT2D eigenvalue weighted by Crippen LogP contribution is -2.31. The molecule has 2 aromatic heterocycles. The molecule has 0 radical (unpaired) electrons. The molecule has 0 spiro atoms. The molecule has 3 N–H and O–H groups in total. The van der Waals surface area contributed by atoms with E-state index < -0.39 is 17.1 Å². The van der Waals surface area contributed by atoms with Crippen LogP contribution in [-0.4, -0.2) is 30.8 Å². The smallest absolute Gasteiger partial charge is 0.335 e. The maximum Gasteiger partial charge on any atom is 0.335 e. The van der Waals surface area contributed by atoms with Crippen molar-refractivity contribution in [3.8, 4) is 11.6 Å². The van der Waals surface area contributed by atoms with Crippen molar-refractivity contribution in [2.24, 2.45) is 4.99 Å². The van der Waals surface area contributed by atoms with Gasteiger partial charge in [-0.15, -0.1) is 0 Å². The van der Waals surface area contributed by atoms with Crippen molar-refractivity contribution in [3.05, 3.63) is 80.3 Å². The summed E-state index contributed by atoms with van der Waals surface area (Å²) in [6, 6.07) is 12.4. The first-order valence-corrected chi connectivity index (χ1v) is 8.58.